The first-order valence-electron chi connectivity index (χ1n) is 27.7. The standard InChI is InChI=1S/C61H100NO8P/c1-3-5-7-9-11-13-15-17-19-21-23-25-27-29-31-33-35-37-39-41-43-45-47-49-51-53-60(63)67-57-59(58-69-71(65,66)68-56-55-62)70-61(64)54-52-50-48-46-44-42-40-38-36-34-32-30-28-26-24-22-20-18-16-14-12-10-8-6-4-2/h5-8,11-14,17-20,23-26,29-32,36,38,59H,3-4,9-10,15-16,21-22,27-28,33-35,37,39-58,62H2,1-2H3,(H,65,66)/b7-5-,8-6-,13-11-,14-12-,19-17-,20-18-,25-23-,26-24-,31-29-,32-30-,38-36-. The molecule has 0 spiro atoms. The molecule has 0 aromatic carbocycles. The largest absolute Gasteiger partial charge is 0.472 e. The maximum absolute atomic E-state index is 12.7. The van der Waals surface area contributed by atoms with Crippen molar-refractivity contribution >= 4 is 19.8 Å². The van der Waals surface area contributed by atoms with Crippen LogP contribution in [0.4, 0.5) is 0 Å². The number of hydrogen-bond acceptors (Lipinski definition) is 8. The monoisotopic (exact) mass is 1010 g/mol. The summed E-state index contributed by atoms with van der Waals surface area (Å²) in [5.74, 6) is -0.862. The van der Waals surface area contributed by atoms with Crippen molar-refractivity contribution in [1.29, 1.82) is 0 Å². The minimum absolute atomic E-state index is 0.0421. The molecule has 71 heavy (non-hydrogen) atoms. The highest BCUT2D eigenvalue weighted by Gasteiger charge is 2.26. The van der Waals surface area contributed by atoms with E-state index in [2.05, 4.69) is 148 Å². The number of allylic oxidation sites excluding steroid dienone is 22. The molecule has 0 saturated heterocycles. The Labute approximate surface area is 434 Å². The Bertz CT molecular complexity index is 1620. The first-order chi connectivity index (χ1) is 34.8. The number of rotatable bonds is 50. The first kappa shape index (κ1) is 67.1. The fourth-order valence-electron chi connectivity index (χ4n) is 7.02. The molecule has 0 saturated carbocycles. The van der Waals surface area contributed by atoms with Gasteiger partial charge in [0.05, 0.1) is 13.2 Å². The molecular formula is C61H100NO8P. The van der Waals surface area contributed by atoms with Gasteiger partial charge in [0.1, 0.15) is 6.61 Å². The van der Waals surface area contributed by atoms with Gasteiger partial charge in [0.25, 0.3) is 0 Å². The van der Waals surface area contributed by atoms with Gasteiger partial charge in [-0.25, -0.2) is 4.57 Å². The summed E-state index contributed by atoms with van der Waals surface area (Å²) in [6.45, 7) is 3.47. The van der Waals surface area contributed by atoms with E-state index in [1.54, 1.807) is 0 Å². The summed E-state index contributed by atoms with van der Waals surface area (Å²) in [6.07, 6.45) is 77.7. The molecule has 0 amide bonds. The molecule has 2 unspecified atom stereocenters. The summed E-state index contributed by atoms with van der Waals surface area (Å²) in [7, 11) is -4.40. The number of ether oxygens (including phenoxy) is 2. The van der Waals surface area contributed by atoms with Crippen LogP contribution in [-0.2, 0) is 32.7 Å². The number of carbonyl (C=O) groups excluding carboxylic acids is 2. The third kappa shape index (κ3) is 55.3. The average molecular weight is 1010 g/mol. The van der Waals surface area contributed by atoms with Crippen LogP contribution in [-0.4, -0.2) is 49.3 Å². The van der Waals surface area contributed by atoms with Gasteiger partial charge in [-0.05, 0) is 109 Å². The molecule has 0 fully saturated rings. The van der Waals surface area contributed by atoms with E-state index in [0.29, 0.717) is 12.8 Å². The maximum atomic E-state index is 12.7. The number of hydrogen-bond donors (Lipinski definition) is 2. The second-order valence-electron chi connectivity index (χ2n) is 17.7. The smallest absolute Gasteiger partial charge is 0.462 e. The highest BCUT2D eigenvalue weighted by atomic mass is 31.2. The van der Waals surface area contributed by atoms with E-state index < -0.39 is 32.5 Å². The van der Waals surface area contributed by atoms with Crippen LogP contribution >= 0.6 is 7.82 Å². The minimum atomic E-state index is -4.40. The molecule has 0 aromatic rings. The second-order valence-corrected chi connectivity index (χ2v) is 19.1. The van der Waals surface area contributed by atoms with Gasteiger partial charge in [-0.1, -0.05) is 218 Å². The highest BCUT2D eigenvalue weighted by molar-refractivity contribution is 7.47. The van der Waals surface area contributed by atoms with Gasteiger partial charge in [0.2, 0.25) is 0 Å². The third-order valence-corrected chi connectivity index (χ3v) is 12.0. The van der Waals surface area contributed by atoms with Crippen LogP contribution in [0.3, 0.4) is 0 Å². The summed E-state index contributed by atoms with van der Waals surface area (Å²) in [5.41, 5.74) is 5.38. The lowest BCUT2D eigenvalue weighted by Crippen LogP contribution is -2.29. The Hall–Kier alpha value is -3.85. The molecule has 0 bridgehead atoms. The van der Waals surface area contributed by atoms with Crippen LogP contribution in [0, 0.1) is 0 Å². The van der Waals surface area contributed by atoms with Crippen LogP contribution in [0.15, 0.2) is 134 Å². The average Bonchev–Trinajstić information content (AvgIpc) is 3.36. The Kier molecular flexibility index (Phi) is 52.5. The van der Waals surface area contributed by atoms with Crippen molar-refractivity contribution in [3.05, 3.63) is 134 Å². The van der Waals surface area contributed by atoms with Crippen molar-refractivity contribution < 1.29 is 37.6 Å². The van der Waals surface area contributed by atoms with Gasteiger partial charge in [0, 0.05) is 19.4 Å². The first-order valence-corrected chi connectivity index (χ1v) is 29.2. The Morgan fingerprint density at radius 1 is 0.423 bits per heavy atom. The Morgan fingerprint density at radius 2 is 0.732 bits per heavy atom. The van der Waals surface area contributed by atoms with E-state index >= 15 is 0 Å². The van der Waals surface area contributed by atoms with E-state index in [9.17, 15) is 19.0 Å². The number of unbranched alkanes of at least 4 members (excludes halogenated alkanes) is 15. The summed E-state index contributed by atoms with van der Waals surface area (Å²) >= 11 is 0. The molecular weight excluding hydrogens is 906 g/mol. The fraction of sp³-hybridized carbons (Fsp3) is 0.607. The van der Waals surface area contributed by atoms with Gasteiger partial charge in [0.15, 0.2) is 6.10 Å². The zero-order chi connectivity index (χ0) is 51.7. The lowest BCUT2D eigenvalue weighted by molar-refractivity contribution is -0.161. The topological polar surface area (TPSA) is 134 Å². The summed E-state index contributed by atoms with van der Waals surface area (Å²) in [6, 6.07) is 0. The van der Waals surface area contributed by atoms with Crippen molar-refractivity contribution in [2.45, 2.75) is 213 Å². The molecule has 9 nitrogen and oxygen atoms in total. The molecule has 0 radical (unpaired) electrons. The normalized spacial score (nSPS) is 14.1. The van der Waals surface area contributed by atoms with E-state index in [4.69, 9.17) is 24.3 Å². The predicted octanol–water partition coefficient (Wildman–Crippen LogP) is 17.4. The minimum Gasteiger partial charge on any atom is -0.462 e. The van der Waals surface area contributed by atoms with Gasteiger partial charge < -0.3 is 20.1 Å². The molecule has 0 aromatic heterocycles. The van der Waals surface area contributed by atoms with Crippen molar-refractivity contribution in [1.82, 2.24) is 0 Å². The van der Waals surface area contributed by atoms with Crippen LogP contribution in [0.1, 0.15) is 206 Å². The molecule has 3 N–H and O–H groups in total. The van der Waals surface area contributed by atoms with Crippen molar-refractivity contribution in [2.24, 2.45) is 5.73 Å². The van der Waals surface area contributed by atoms with Crippen molar-refractivity contribution in [2.75, 3.05) is 26.4 Å². The molecule has 2 atom stereocenters. The maximum Gasteiger partial charge on any atom is 0.472 e. The zero-order valence-corrected chi connectivity index (χ0v) is 45.5. The summed E-state index contributed by atoms with van der Waals surface area (Å²) in [4.78, 5) is 35.2. The fourth-order valence-corrected chi connectivity index (χ4v) is 7.78. The second kappa shape index (κ2) is 55.5. The van der Waals surface area contributed by atoms with Crippen LogP contribution in [0.25, 0.3) is 0 Å². The zero-order valence-electron chi connectivity index (χ0n) is 44.7. The van der Waals surface area contributed by atoms with Crippen molar-refractivity contribution in [3.63, 3.8) is 0 Å². The molecule has 0 heterocycles. The van der Waals surface area contributed by atoms with E-state index in [1.165, 1.54) is 32.1 Å². The number of phosphoric ester groups is 1. The molecule has 0 aliphatic heterocycles. The van der Waals surface area contributed by atoms with E-state index in [1.807, 2.05) is 0 Å². The molecule has 0 aliphatic carbocycles. The third-order valence-electron chi connectivity index (χ3n) is 11.0. The van der Waals surface area contributed by atoms with Crippen molar-refractivity contribution in [3.8, 4) is 0 Å². The van der Waals surface area contributed by atoms with Gasteiger partial charge in [-0.2, -0.15) is 0 Å². The van der Waals surface area contributed by atoms with Crippen LogP contribution in [0.5, 0.6) is 0 Å². The van der Waals surface area contributed by atoms with Crippen LogP contribution < -0.4 is 5.73 Å². The molecule has 402 valence electrons. The van der Waals surface area contributed by atoms with Gasteiger partial charge >= 0.3 is 19.8 Å². The number of carbonyl (C=O) groups is 2. The van der Waals surface area contributed by atoms with E-state index in [0.717, 1.165) is 135 Å². The van der Waals surface area contributed by atoms with E-state index in [-0.39, 0.29) is 32.6 Å². The number of phosphoric acid groups is 1. The number of esters is 2. The lowest BCUT2D eigenvalue weighted by Gasteiger charge is -2.19. The molecule has 0 rings (SSSR count). The van der Waals surface area contributed by atoms with Gasteiger partial charge in [-0.15, -0.1) is 0 Å². The highest BCUT2D eigenvalue weighted by Crippen LogP contribution is 2.43. The summed E-state index contributed by atoms with van der Waals surface area (Å²) < 4.78 is 33.0. The number of nitrogens with two attached hydrogens (primary N) is 1. The van der Waals surface area contributed by atoms with Crippen LogP contribution in [0.2, 0.25) is 0 Å². The molecule has 10 heteroatoms. The Morgan fingerprint density at radius 3 is 1.08 bits per heavy atom. The SMILES string of the molecule is CC/C=C\C/C=C\C/C=C\C/C=C\C/C=C\C/C=C\CCCCCCCCC(=O)OC(COC(=O)CCCCCCCCCCC/C=C\C/C=C\C/C=C\C/C=C\C/C=C\CC)COP(=O)(O)OCCN. The summed E-state index contributed by atoms with van der Waals surface area (Å²) in [5, 5.41) is 0. The Balaban J connectivity index is 4.10. The quantitative estimate of drug-likeness (QED) is 0.0264. The van der Waals surface area contributed by atoms with Gasteiger partial charge in [-0.3, -0.25) is 18.6 Å². The predicted molar refractivity (Wildman–Crippen MR) is 302 cm³/mol. The molecule has 0 aliphatic rings. The lowest BCUT2D eigenvalue weighted by atomic mass is 10.1.